The van der Waals surface area contributed by atoms with Gasteiger partial charge < -0.3 is 9.15 Å². The van der Waals surface area contributed by atoms with Crippen LogP contribution in [0.25, 0.3) is 21.5 Å². The average Bonchev–Trinajstić information content (AvgIpc) is 2.84. The van der Waals surface area contributed by atoms with Crippen LogP contribution in [0.2, 0.25) is 0 Å². The fourth-order valence-electron chi connectivity index (χ4n) is 2.13. The number of methoxy groups -OCH3 is 1. The zero-order chi connectivity index (χ0) is 14.3. The summed E-state index contributed by atoms with van der Waals surface area (Å²) in [5.41, 5.74) is 1.92. The number of hydrogen-bond donors (Lipinski definition) is 0. The van der Waals surface area contributed by atoms with Crippen molar-refractivity contribution in [3.63, 3.8) is 0 Å². The van der Waals surface area contributed by atoms with Crippen LogP contribution >= 0.6 is 11.3 Å². The normalized spacial score (nSPS) is 10.9. The molecule has 0 atom stereocenters. The summed E-state index contributed by atoms with van der Waals surface area (Å²) < 4.78 is 10.9. The first-order chi connectivity index (χ1) is 9.60. The fourth-order valence-corrected chi connectivity index (χ4v) is 3.01. The molecule has 0 unspecified atom stereocenters. The summed E-state index contributed by atoms with van der Waals surface area (Å²) in [6.45, 7) is 3.69. The molecule has 0 aliphatic carbocycles. The third-order valence-electron chi connectivity index (χ3n) is 3.11. The molecule has 5 heteroatoms. The summed E-state index contributed by atoms with van der Waals surface area (Å²) >= 11 is 1.45. The van der Waals surface area contributed by atoms with Gasteiger partial charge in [0, 0.05) is 17.1 Å². The minimum absolute atomic E-state index is 0.0549. The molecule has 0 radical (unpaired) electrons. The van der Waals surface area contributed by atoms with Crippen molar-refractivity contribution in [2.45, 2.75) is 13.8 Å². The highest BCUT2D eigenvalue weighted by Gasteiger charge is 2.16. The summed E-state index contributed by atoms with van der Waals surface area (Å²) in [4.78, 5) is 17.0. The van der Waals surface area contributed by atoms with Gasteiger partial charge in [0.1, 0.15) is 22.1 Å². The summed E-state index contributed by atoms with van der Waals surface area (Å²) in [7, 11) is 1.58. The minimum Gasteiger partial charge on any atom is -0.497 e. The van der Waals surface area contributed by atoms with Crippen molar-refractivity contribution in [1.29, 1.82) is 0 Å². The van der Waals surface area contributed by atoms with E-state index >= 15 is 0 Å². The van der Waals surface area contributed by atoms with Crippen molar-refractivity contribution in [3.05, 3.63) is 45.3 Å². The Morgan fingerprint density at radius 1 is 1.30 bits per heavy atom. The second-order valence-electron chi connectivity index (χ2n) is 4.52. The molecule has 4 nitrogen and oxygen atoms in total. The zero-order valence-corrected chi connectivity index (χ0v) is 12.2. The first-order valence-electron chi connectivity index (χ1n) is 6.14. The molecule has 1 aromatic carbocycles. The Bertz CT molecular complexity index is 848. The lowest BCUT2D eigenvalue weighted by molar-refractivity contribution is 0.414. The van der Waals surface area contributed by atoms with Crippen LogP contribution < -0.4 is 10.2 Å². The van der Waals surface area contributed by atoms with Gasteiger partial charge in [-0.3, -0.25) is 4.79 Å². The Balaban J connectivity index is 2.32. The first-order valence-corrected chi connectivity index (χ1v) is 7.02. The van der Waals surface area contributed by atoms with E-state index in [1.807, 2.05) is 12.3 Å². The average molecular weight is 287 g/mol. The van der Waals surface area contributed by atoms with Gasteiger partial charge in [-0.15, -0.1) is 11.3 Å². The van der Waals surface area contributed by atoms with E-state index in [1.165, 1.54) is 11.3 Å². The lowest BCUT2D eigenvalue weighted by Crippen LogP contribution is -2.07. The van der Waals surface area contributed by atoms with Crippen LogP contribution in [0.5, 0.6) is 5.75 Å². The molecular formula is C15H13NO3S. The second-order valence-corrected chi connectivity index (χ2v) is 5.38. The quantitative estimate of drug-likeness (QED) is 0.723. The molecule has 0 aliphatic rings. The van der Waals surface area contributed by atoms with Gasteiger partial charge in [0.05, 0.1) is 18.1 Å². The number of hydrogen-bond acceptors (Lipinski definition) is 5. The van der Waals surface area contributed by atoms with E-state index in [-0.39, 0.29) is 5.43 Å². The maximum absolute atomic E-state index is 12.6. The van der Waals surface area contributed by atoms with Gasteiger partial charge >= 0.3 is 0 Å². The Morgan fingerprint density at radius 2 is 2.10 bits per heavy atom. The topological polar surface area (TPSA) is 52.3 Å². The highest BCUT2D eigenvalue weighted by molar-refractivity contribution is 7.13. The molecule has 0 amide bonds. The molecule has 0 fully saturated rings. The predicted molar refractivity (Wildman–Crippen MR) is 79.6 cm³/mol. The Kier molecular flexibility index (Phi) is 3.06. The van der Waals surface area contributed by atoms with Crippen molar-refractivity contribution >= 4 is 22.3 Å². The van der Waals surface area contributed by atoms with Crippen LogP contribution in [0.1, 0.15) is 11.5 Å². The monoisotopic (exact) mass is 287 g/mol. The maximum Gasteiger partial charge on any atom is 0.203 e. The highest BCUT2D eigenvalue weighted by Crippen LogP contribution is 2.28. The van der Waals surface area contributed by atoms with Crippen LogP contribution in [0.3, 0.4) is 0 Å². The smallest absolute Gasteiger partial charge is 0.203 e. The Morgan fingerprint density at radius 3 is 2.75 bits per heavy atom. The van der Waals surface area contributed by atoms with Crippen molar-refractivity contribution in [1.82, 2.24) is 4.98 Å². The molecular weight excluding hydrogens is 274 g/mol. The molecule has 0 bridgehead atoms. The van der Waals surface area contributed by atoms with Crippen LogP contribution in [0.4, 0.5) is 0 Å². The van der Waals surface area contributed by atoms with Crippen molar-refractivity contribution in [3.8, 4) is 16.3 Å². The lowest BCUT2D eigenvalue weighted by Gasteiger charge is -2.06. The second kappa shape index (κ2) is 4.76. The third-order valence-corrected chi connectivity index (χ3v) is 4.09. The van der Waals surface area contributed by atoms with Crippen molar-refractivity contribution < 1.29 is 9.15 Å². The van der Waals surface area contributed by atoms with Crippen LogP contribution in [0, 0.1) is 13.8 Å². The number of benzene rings is 1. The van der Waals surface area contributed by atoms with E-state index in [9.17, 15) is 4.79 Å². The standard InChI is InChI=1S/C15H13NO3S/c1-8-7-20-15(16-8)13-9(2)19-12-6-10(18-3)4-5-11(12)14(13)17/h4-7H,1-3H3. The Labute approximate surface area is 119 Å². The molecule has 3 rings (SSSR count). The molecule has 0 aliphatic heterocycles. The predicted octanol–water partition coefficient (Wildman–Crippen LogP) is 3.54. The van der Waals surface area contributed by atoms with Gasteiger partial charge in [-0.2, -0.15) is 0 Å². The van der Waals surface area contributed by atoms with Gasteiger partial charge in [-0.1, -0.05) is 0 Å². The molecule has 20 heavy (non-hydrogen) atoms. The van der Waals surface area contributed by atoms with E-state index in [2.05, 4.69) is 4.98 Å². The van der Waals surface area contributed by atoms with Crippen molar-refractivity contribution in [2.24, 2.45) is 0 Å². The van der Waals surface area contributed by atoms with E-state index in [4.69, 9.17) is 9.15 Å². The number of fused-ring (bicyclic) bond motifs is 1. The SMILES string of the molecule is COc1ccc2c(=O)c(-c3nc(C)cs3)c(C)oc2c1. The summed E-state index contributed by atoms with van der Waals surface area (Å²) in [6, 6.07) is 5.20. The molecule has 0 saturated heterocycles. The summed E-state index contributed by atoms with van der Waals surface area (Å²) in [5.74, 6) is 1.24. The van der Waals surface area contributed by atoms with Gasteiger partial charge in [-0.05, 0) is 26.0 Å². The van der Waals surface area contributed by atoms with E-state index in [1.54, 1.807) is 32.2 Å². The van der Waals surface area contributed by atoms with E-state index < -0.39 is 0 Å². The van der Waals surface area contributed by atoms with Crippen LogP contribution in [0.15, 0.2) is 32.8 Å². The third kappa shape index (κ3) is 2.00. The Hall–Kier alpha value is -2.14. The lowest BCUT2D eigenvalue weighted by atomic mass is 10.1. The number of ether oxygens (including phenoxy) is 1. The zero-order valence-electron chi connectivity index (χ0n) is 11.4. The number of rotatable bonds is 2. The van der Waals surface area contributed by atoms with Crippen LogP contribution in [-0.2, 0) is 0 Å². The molecule has 0 saturated carbocycles. The minimum atomic E-state index is -0.0549. The molecule has 2 heterocycles. The van der Waals surface area contributed by atoms with Gasteiger partial charge in [0.25, 0.3) is 0 Å². The van der Waals surface area contributed by atoms with Gasteiger partial charge in [0.2, 0.25) is 5.43 Å². The highest BCUT2D eigenvalue weighted by atomic mass is 32.1. The first kappa shape index (κ1) is 12.9. The molecule has 0 spiro atoms. The summed E-state index contributed by atoms with van der Waals surface area (Å²) in [5, 5.41) is 3.16. The van der Waals surface area contributed by atoms with Crippen LogP contribution in [-0.4, -0.2) is 12.1 Å². The molecule has 3 aromatic rings. The number of aryl methyl sites for hydroxylation is 2. The maximum atomic E-state index is 12.6. The molecule has 102 valence electrons. The largest absolute Gasteiger partial charge is 0.497 e. The van der Waals surface area contributed by atoms with Gasteiger partial charge in [-0.25, -0.2) is 4.98 Å². The van der Waals surface area contributed by atoms with Gasteiger partial charge in [0.15, 0.2) is 0 Å². The number of aromatic nitrogens is 1. The number of nitrogens with zero attached hydrogens (tertiary/aromatic N) is 1. The molecule has 0 N–H and O–H groups in total. The van der Waals surface area contributed by atoms with E-state index in [0.29, 0.717) is 33.1 Å². The van der Waals surface area contributed by atoms with Crippen molar-refractivity contribution in [2.75, 3.05) is 7.11 Å². The fraction of sp³-hybridized carbons (Fsp3) is 0.200. The number of thiazole rings is 1. The van der Waals surface area contributed by atoms with E-state index in [0.717, 1.165) is 5.69 Å². The molecule has 2 aromatic heterocycles. The summed E-state index contributed by atoms with van der Waals surface area (Å²) in [6.07, 6.45) is 0.